The second-order valence-corrected chi connectivity index (χ2v) is 4.40. The Balaban J connectivity index is 2.36. The van der Waals surface area contributed by atoms with E-state index in [0.717, 1.165) is 5.69 Å². The zero-order valence-corrected chi connectivity index (χ0v) is 10.6. The summed E-state index contributed by atoms with van der Waals surface area (Å²) in [6.07, 6.45) is 1.60. The van der Waals surface area contributed by atoms with Crippen LogP contribution in [0.2, 0.25) is 5.02 Å². The van der Waals surface area contributed by atoms with E-state index >= 15 is 0 Å². The van der Waals surface area contributed by atoms with Gasteiger partial charge in [0.1, 0.15) is 0 Å². The molecule has 0 unspecified atom stereocenters. The molecule has 1 aromatic carbocycles. The lowest BCUT2D eigenvalue weighted by atomic mass is 10.2. The number of hydrogen-bond donors (Lipinski definition) is 1. The highest BCUT2D eigenvalue weighted by Gasteiger charge is 2.09. The summed E-state index contributed by atoms with van der Waals surface area (Å²) in [5.41, 5.74) is 8.73. The van der Waals surface area contributed by atoms with Gasteiger partial charge >= 0.3 is 0 Å². The van der Waals surface area contributed by atoms with Gasteiger partial charge in [0, 0.05) is 18.9 Å². The molecule has 0 aliphatic carbocycles. The number of aryl methyl sites for hydroxylation is 1. The Morgan fingerprint density at radius 1 is 1.24 bits per heavy atom. The van der Waals surface area contributed by atoms with Gasteiger partial charge in [-0.25, -0.2) is 4.98 Å². The van der Waals surface area contributed by atoms with Crippen LogP contribution in [0.5, 0.6) is 0 Å². The standard InChI is InChI=1S/C13H14ClN3/c1-9-3-5-11(6-4-9)17(2)13-12(15)7-10(14)8-16-13/h3-8H,15H2,1-2H3. The number of nitrogens with zero attached hydrogens (tertiary/aromatic N) is 2. The minimum absolute atomic E-state index is 0.545. The van der Waals surface area contributed by atoms with Crippen LogP contribution in [0.15, 0.2) is 36.5 Å². The van der Waals surface area contributed by atoms with Crippen molar-refractivity contribution in [3.63, 3.8) is 0 Å². The molecule has 0 bridgehead atoms. The third-order valence-electron chi connectivity index (χ3n) is 2.60. The smallest absolute Gasteiger partial charge is 0.156 e. The molecule has 1 aromatic heterocycles. The fourth-order valence-corrected chi connectivity index (χ4v) is 1.78. The predicted octanol–water partition coefficient (Wildman–Crippen LogP) is 3.39. The van der Waals surface area contributed by atoms with Crippen molar-refractivity contribution >= 4 is 28.8 Å². The molecule has 0 radical (unpaired) electrons. The summed E-state index contributed by atoms with van der Waals surface area (Å²) in [6, 6.07) is 9.88. The van der Waals surface area contributed by atoms with Gasteiger partial charge in [0.25, 0.3) is 0 Å². The average Bonchev–Trinajstić information content (AvgIpc) is 2.29. The van der Waals surface area contributed by atoms with Crippen LogP contribution in [-0.2, 0) is 0 Å². The Hall–Kier alpha value is -1.74. The monoisotopic (exact) mass is 247 g/mol. The number of pyridine rings is 1. The van der Waals surface area contributed by atoms with Crippen molar-refractivity contribution in [1.82, 2.24) is 4.98 Å². The van der Waals surface area contributed by atoms with E-state index in [1.807, 2.05) is 24.1 Å². The van der Waals surface area contributed by atoms with Crippen LogP contribution in [0.4, 0.5) is 17.2 Å². The minimum Gasteiger partial charge on any atom is -0.396 e. The van der Waals surface area contributed by atoms with Crippen LogP contribution >= 0.6 is 11.6 Å². The molecule has 0 saturated heterocycles. The second-order valence-electron chi connectivity index (χ2n) is 3.96. The Labute approximate surface area is 106 Å². The summed E-state index contributed by atoms with van der Waals surface area (Å²) >= 11 is 5.83. The van der Waals surface area contributed by atoms with E-state index in [1.165, 1.54) is 5.56 Å². The van der Waals surface area contributed by atoms with Gasteiger partial charge in [0.05, 0.1) is 10.7 Å². The molecule has 1 heterocycles. The highest BCUT2D eigenvalue weighted by molar-refractivity contribution is 6.30. The molecule has 2 N–H and O–H groups in total. The Kier molecular flexibility index (Phi) is 3.20. The van der Waals surface area contributed by atoms with Gasteiger partial charge < -0.3 is 10.6 Å². The van der Waals surface area contributed by atoms with Crippen molar-refractivity contribution < 1.29 is 0 Å². The van der Waals surface area contributed by atoms with Crippen molar-refractivity contribution in [2.24, 2.45) is 0 Å². The van der Waals surface area contributed by atoms with Gasteiger partial charge in [0.2, 0.25) is 0 Å². The summed E-state index contributed by atoms with van der Waals surface area (Å²) in [6.45, 7) is 2.05. The molecule has 4 heteroatoms. The number of aromatic nitrogens is 1. The number of rotatable bonds is 2. The maximum atomic E-state index is 5.90. The Bertz CT molecular complexity index is 523. The van der Waals surface area contributed by atoms with E-state index in [9.17, 15) is 0 Å². The summed E-state index contributed by atoms with van der Waals surface area (Å²) in [5, 5.41) is 0.545. The van der Waals surface area contributed by atoms with Crippen LogP contribution in [0.1, 0.15) is 5.56 Å². The van der Waals surface area contributed by atoms with E-state index in [4.69, 9.17) is 17.3 Å². The molecule has 3 nitrogen and oxygen atoms in total. The van der Waals surface area contributed by atoms with Gasteiger partial charge in [-0.1, -0.05) is 29.3 Å². The average molecular weight is 248 g/mol. The SMILES string of the molecule is Cc1ccc(N(C)c2ncc(Cl)cc2N)cc1. The number of halogens is 1. The molecular weight excluding hydrogens is 234 g/mol. The molecule has 0 aliphatic rings. The Morgan fingerprint density at radius 2 is 1.88 bits per heavy atom. The maximum absolute atomic E-state index is 5.90. The van der Waals surface area contributed by atoms with Crippen LogP contribution < -0.4 is 10.6 Å². The zero-order chi connectivity index (χ0) is 12.4. The fraction of sp³-hybridized carbons (Fsp3) is 0.154. The van der Waals surface area contributed by atoms with Crippen molar-refractivity contribution in [3.05, 3.63) is 47.1 Å². The molecule has 88 valence electrons. The van der Waals surface area contributed by atoms with Crippen LogP contribution in [0.25, 0.3) is 0 Å². The molecule has 0 fully saturated rings. The lowest BCUT2D eigenvalue weighted by Gasteiger charge is -2.20. The summed E-state index contributed by atoms with van der Waals surface area (Å²) in [5.74, 6) is 0.707. The first-order valence-corrected chi connectivity index (χ1v) is 5.67. The van der Waals surface area contributed by atoms with E-state index in [0.29, 0.717) is 16.5 Å². The Morgan fingerprint density at radius 3 is 2.47 bits per heavy atom. The predicted molar refractivity (Wildman–Crippen MR) is 72.9 cm³/mol. The minimum atomic E-state index is 0.545. The third-order valence-corrected chi connectivity index (χ3v) is 2.81. The summed E-state index contributed by atoms with van der Waals surface area (Å²) in [7, 11) is 1.93. The van der Waals surface area contributed by atoms with Crippen molar-refractivity contribution in [3.8, 4) is 0 Å². The maximum Gasteiger partial charge on any atom is 0.156 e. The van der Waals surface area contributed by atoms with E-state index < -0.39 is 0 Å². The number of nitrogen functional groups attached to an aromatic ring is 1. The quantitative estimate of drug-likeness (QED) is 0.885. The molecule has 0 amide bonds. The highest BCUT2D eigenvalue weighted by atomic mass is 35.5. The first kappa shape index (κ1) is 11.7. The first-order valence-electron chi connectivity index (χ1n) is 5.29. The van der Waals surface area contributed by atoms with E-state index in [1.54, 1.807) is 12.3 Å². The van der Waals surface area contributed by atoms with Crippen molar-refractivity contribution in [2.75, 3.05) is 17.7 Å². The molecule has 0 aliphatic heterocycles. The highest BCUT2D eigenvalue weighted by Crippen LogP contribution is 2.28. The number of hydrogen-bond acceptors (Lipinski definition) is 3. The van der Waals surface area contributed by atoms with Crippen LogP contribution in [-0.4, -0.2) is 12.0 Å². The number of benzene rings is 1. The molecule has 0 atom stereocenters. The topological polar surface area (TPSA) is 42.2 Å². The number of anilines is 3. The fourth-order valence-electron chi connectivity index (χ4n) is 1.62. The van der Waals surface area contributed by atoms with E-state index in [-0.39, 0.29) is 0 Å². The van der Waals surface area contributed by atoms with Crippen LogP contribution in [0.3, 0.4) is 0 Å². The van der Waals surface area contributed by atoms with Gasteiger partial charge in [-0.15, -0.1) is 0 Å². The largest absolute Gasteiger partial charge is 0.396 e. The van der Waals surface area contributed by atoms with Gasteiger partial charge in [0.15, 0.2) is 5.82 Å². The molecule has 2 rings (SSSR count). The second kappa shape index (κ2) is 4.63. The lowest BCUT2D eigenvalue weighted by molar-refractivity contribution is 1.13. The molecule has 0 saturated carbocycles. The van der Waals surface area contributed by atoms with Gasteiger partial charge in [-0.3, -0.25) is 0 Å². The van der Waals surface area contributed by atoms with E-state index in [2.05, 4.69) is 24.0 Å². The zero-order valence-electron chi connectivity index (χ0n) is 9.81. The first-order chi connectivity index (χ1) is 8.08. The lowest BCUT2D eigenvalue weighted by Crippen LogP contribution is -2.13. The van der Waals surface area contributed by atoms with Crippen molar-refractivity contribution in [1.29, 1.82) is 0 Å². The van der Waals surface area contributed by atoms with Crippen molar-refractivity contribution in [2.45, 2.75) is 6.92 Å². The molecule has 17 heavy (non-hydrogen) atoms. The number of nitrogens with two attached hydrogens (primary N) is 1. The summed E-state index contributed by atoms with van der Waals surface area (Å²) < 4.78 is 0. The summed E-state index contributed by atoms with van der Waals surface area (Å²) in [4.78, 5) is 6.18. The van der Waals surface area contributed by atoms with Crippen LogP contribution in [0, 0.1) is 6.92 Å². The third kappa shape index (κ3) is 2.50. The molecular formula is C13H14ClN3. The molecule has 2 aromatic rings. The van der Waals surface area contributed by atoms with Gasteiger partial charge in [-0.05, 0) is 25.1 Å². The van der Waals surface area contributed by atoms with Gasteiger partial charge in [-0.2, -0.15) is 0 Å². The normalized spacial score (nSPS) is 10.3. The molecule has 0 spiro atoms.